The van der Waals surface area contributed by atoms with Crippen LogP contribution >= 0.6 is 0 Å². The highest BCUT2D eigenvalue weighted by Gasteiger charge is 2.25. The van der Waals surface area contributed by atoms with Gasteiger partial charge >= 0.3 is 0 Å². The van der Waals surface area contributed by atoms with Gasteiger partial charge in [0.2, 0.25) is 0 Å². The first-order chi connectivity index (χ1) is 8.09. The summed E-state index contributed by atoms with van der Waals surface area (Å²) in [5.41, 5.74) is 7.05. The number of rotatable bonds is 4. The van der Waals surface area contributed by atoms with Crippen LogP contribution in [0.15, 0.2) is 6.20 Å². The third-order valence-electron chi connectivity index (χ3n) is 3.54. The molecule has 1 saturated heterocycles. The predicted molar refractivity (Wildman–Crippen MR) is 67.4 cm³/mol. The third kappa shape index (κ3) is 3.51. The fourth-order valence-corrected chi connectivity index (χ4v) is 2.20. The van der Waals surface area contributed by atoms with Crippen molar-refractivity contribution >= 4 is 0 Å². The number of nitrogens with zero attached hydrogens (tertiary/aromatic N) is 4. The summed E-state index contributed by atoms with van der Waals surface area (Å²) in [6.45, 7) is 9.30. The summed E-state index contributed by atoms with van der Waals surface area (Å²) < 4.78 is 1.82. The predicted octanol–water partition coefficient (Wildman–Crippen LogP) is 0.859. The summed E-state index contributed by atoms with van der Waals surface area (Å²) in [6, 6.07) is 0. The highest BCUT2D eigenvalue weighted by molar-refractivity contribution is 4.93. The normalized spacial score (nSPS) is 20.6. The standard InChI is InChI=1S/C12H23N5/c1-12(2)3-6-16(7-4-12)9-11-10-17(8-5-13)15-14-11/h10H,3-9,13H2,1-2H3. The number of hydrogen-bond donors (Lipinski definition) is 1. The average Bonchev–Trinajstić information content (AvgIpc) is 2.70. The minimum absolute atomic E-state index is 0.508. The molecule has 0 saturated carbocycles. The van der Waals surface area contributed by atoms with Gasteiger partial charge in [0.05, 0.1) is 12.2 Å². The molecule has 5 heteroatoms. The van der Waals surface area contributed by atoms with Gasteiger partial charge in [0.25, 0.3) is 0 Å². The van der Waals surface area contributed by atoms with Crippen molar-refractivity contribution in [2.24, 2.45) is 11.1 Å². The Morgan fingerprint density at radius 3 is 2.71 bits per heavy atom. The van der Waals surface area contributed by atoms with Gasteiger partial charge in [-0.05, 0) is 31.3 Å². The fourth-order valence-electron chi connectivity index (χ4n) is 2.20. The molecule has 17 heavy (non-hydrogen) atoms. The molecule has 1 aromatic heterocycles. The van der Waals surface area contributed by atoms with Crippen LogP contribution < -0.4 is 5.73 Å². The van der Waals surface area contributed by atoms with Crippen LogP contribution in [-0.4, -0.2) is 39.5 Å². The molecule has 2 rings (SSSR count). The van der Waals surface area contributed by atoms with E-state index in [0.29, 0.717) is 12.0 Å². The number of piperidine rings is 1. The van der Waals surface area contributed by atoms with E-state index in [-0.39, 0.29) is 0 Å². The van der Waals surface area contributed by atoms with Crippen molar-refractivity contribution in [1.82, 2.24) is 19.9 Å². The number of nitrogens with two attached hydrogens (primary N) is 1. The highest BCUT2D eigenvalue weighted by Crippen LogP contribution is 2.30. The Morgan fingerprint density at radius 2 is 2.06 bits per heavy atom. The van der Waals surface area contributed by atoms with Crippen molar-refractivity contribution in [3.63, 3.8) is 0 Å². The Morgan fingerprint density at radius 1 is 1.35 bits per heavy atom. The molecule has 1 aromatic rings. The molecule has 0 amide bonds. The minimum Gasteiger partial charge on any atom is -0.329 e. The summed E-state index contributed by atoms with van der Waals surface area (Å²) in [7, 11) is 0. The number of aromatic nitrogens is 3. The smallest absolute Gasteiger partial charge is 0.0967 e. The molecular weight excluding hydrogens is 214 g/mol. The lowest BCUT2D eigenvalue weighted by Gasteiger charge is -2.36. The number of hydrogen-bond acceptors (Lipinski definition) is 4. The summed E-state index contributed by atoms with van der Waals surface area (Å²) in [6.07, 6.45) is 4.54. The maximum Gasteiger partial charge on any atom is 0.0967 e. The monoisotopic (exact) mass is 237 g/mol. The topological polar surface area (TPSA) is 60.0 Å². The van der Waals surface area contributed by atoms with Gasteiger partial charge in [0, 0.05) is 19.3 Å². The highest BCUT2D eigenvalue weighted by atomic mass is 15.4. The summed E-state index contributed by atoms with van der Waals surface area (Å²) in [4.78, 5) is 2.46. The van der Waals surface area contributed by atoms with E-state index in [1.807, 2.05) is 10.9 Å². The summed E-state index contributed by atoms with van der Waals surface area (Å²) in [5, 5.41) is 8.24. The first kappa shape index (κ1) is 12.5. The first-order valence-electron chi connectivity index (χ1n) is 6.40. The zero-order valence-corrected chi connectivity index (χ0v) is 10.9. The van der Waals surface area contributed by atoms with Crippen LogP contribution in [0.5, 0.6) is 0 Å². The Hall–Kier alpha value is -0.940. The van der Waals surface area contributed by atoms with E-state index in [1.165, 1.54) is 12.8 Å². The van der Waals surface area contributed by atoms with E-state index in [0.717, 1.165) is 31.9 Å². The molecular formula is C12H23N5. The van der Waals surface area contributed by atoms with E-state index >= 15 is 0 Å². The zero-order chi connectivity index (χ0) is 12.3. The minimum atomic E-state index is 0.508. The Kier molecular flexibility index (Phi) is 3.79. The molecule has 96 valence electrons. The average molecular weight is 237 g/mol. The molecule has 1 fully saturated rings. The SMILES string of the molecule is CC1(C)CCN(Cc2cn(CCN)nn2)CC1. The zero-order valence-electron chi connectivity index (χ0n) is 10.9. The number of likely N-dealkylation sites (tertiary alicyclic amines) is 1. The molecule has 1 aliphatic rings. The van der Waals surface area contributed by atoms with E-state index in [4.69, 9.17) is 5.73 Å². The van der Waals surface area contributed by atoms with E-state index in [1.54, 1.807) is 0 Å². The lowest BCUT2D eigenvalue weighted by molar-refractivity contribution is 0.126. The van der Waals surface area contributed by atoms with Crippen LogP contribution in [-0.2, 0) is 13.1 Å². The molecule has 0 atom stereocenters. The van der Waals surface area contributed by atoms with Crippen LogP contribution in [0.2, 0.25) is 0 Å². The van der Waals surface area contributed by atoms with Crippen molar-refractivity contribution in [1.29, 1.82) is 0 Å². The second kappa shape index (κ2) is 5.14. The quantitative estimate of drug-likeness (QED) is 0.843. The molecule has 0 aromatic carbocycles. The lowest BCUT2D eigenvalue weighted by atomic mass is 9.83. The van der Waals surface area contributed by atoms with E-state index in [2.05, 4.69) is 29.1 Å². The van der Waals surface area contributed by atoms with Crippen LogP contribution in [0, 0.1) is 5.41 Å². The second-order valence-electron chi connectivity index (χ2n) is 5.70. The molecule has 0 radical (unpaired) electrons. The fraction of sp³-hybridized carbons (Fsp3) is 0.833. The first-order valence-corrected chi connectivity index (χ1v) is 6.40. The van der Waals surface area contributed by atoms with Gasteiger partial charge < -0.3 is 5.73 Å². The van der Waals surface area contributed by atoms with Gasteiger partial charge in [0.15, 0.2) is 0 Å². The van der Waals surface area contributed by atoms with Gasteiger partial charge in [-0.25, -0.2) is 0 Å². The summed E-state index contributed by atoms with van der Waals surface area (Å²) in [5.74, 6) is 0. The second-order valence-corrected chi connectivity index (χ2v) is 5.70. The van der Waals surface area contributed by atoms with Crippen LogP contribution in [0.25, 0.3) is 0 Å². The lowest BCUT2D eigenvalue weighted by Crippen LogP contribution is -2.36. The van der Waals surface area contributed by atoms with E-state index in [9.17, 15) is 0 Å². The van der Waals surface area contributed by atoms with E-state index < -0.39 is 0 Å². The molecule has 0 unspecified atom stereocenters. The summed E-state index contributed by atoms with van der Waals surface area (Å²) >= 11 is 0. The maximum absolute atomic E-state index is 5.48. The van der Waals surface area contributed by atoms with Crippen molar-refractivity contribution in [3.05, 3.63) is 11.9 Å². The van der Waals surface area contributed by atoms with Crippen molar-refractivity contribution in [2.75, 3.05) is 19.6 Å². The molecule has 0 aliphatic carbocycles. The molecule has 0 spiro atoms. The molecule has 0 bridgehead atoms. The Balaban J connectivity index is 1.84. The molecule has 1 aliphatic heterocycles. The maximum atomic E-state index is 5.48. The molecule has 2 heterocycles. The van der Waals surface area contributed by atoms with Gasteiger partial charge in [-0.15, -0.1) is 5.10 Å². The van der Waals surface area contributed by atoms with Crippen molar-refractivity contribution in [2.45, 2.75) is 39.8 Å². The van der Waals surface area contributed by atoms with Gasteiger partial charge in [-0.1, -0.05) is 19.1 Å². The largest absolute Gasteiger partial charge is 0.329 e. The van der Waals surface area contributed by atoms with Crippen LogP contribution in [0.4, 0.5) is 0 Å². The van der Waals surface area contributed by atoms with Crippen molar-refractivity contribution in [3.8, 4) is 0 Å². The van der Waals surface area contributed by atoms with Gasteiger partial charge in [0.1, 0.15) is 0 Å². The third-order valence-corrected chi connectivity index (χ3v) is 3.54. The molecule has 2 N–H and O–H groups in total. The van der Waals surface area contributed by atoms with Crippen LogP contribution in [0.1, 0.15) is 32.4 Å². The van der Waals surface area contributed by atoms with Gasteiger partial charge in [-0.3, -0.25) is 9.58 Å². The van der Waals surface area contributed by atoms with Crippen molar-refractivity contribution < 1.29 is 0 Å². The molecule has 5 nitrogen and oxygen atoms in total. The van der Waals surface area contributed by atoms with Gasteiger partial charge in [-0.2, -0.15) is 0 Å². The van der Waals surface area contributed by atoms with Crippen LogP contribution in [0.3, 0.4) is 0 Å². The Bertz CT molecular complexity index is 348. The Labute approximate surface area is 103 Å².